The summed E-state index contributed by atoms with van der Waals surface area (Å²) in [5, 5.41) is 3.39. The van der Waals surface area contributed by atoms with Crippen LogP contribution >= 0.6 is 0 Å². The van der Waals surface area contributed by atoms with Gasteiger partial charge in [0.2, 0.25) is 5.88 Å². The average molecular weight is 265 g/mol. The molecule has 0 aliphatic rings. The van der Waals surface area contributed by atoms with E-state index >= 15 is 0 Å². The summed E-state index contributed by atoms with van der Waals surface area (Å²) < 4.78 is 5.80. The van der Waals surface area contributed by atoms with Gasteiger partial charge in [-0.25, -0.2) is 4.98 Å². The van der Waals surface area contributed by atoms with E-state index in [0.717, 1.165) is 6.54 Å². The molecule has 1 N–H and O–H groups in total. The van der Waals surface area contributed by atoms with Crippen molar-refractivity contribution in [1.82, 2.24) is 15.2 Å². The lowest BCUT2D eigenvalue weighted by Crippen LogP contribution is -2.43. The van der Waals surface area contributed by atoms with Crippen molar-refractivity contribution in [3.05, 3.63) is 23.9 Å². The minimum absolute atomic E-state index is 0.00608. The summed E-state index contributed by atoms with van der Waals surface area (Å²) in [4.78, 5) is 6.41. The highest BCUT2D eigenvalue weighted by Crippen LogP contribution is 2.15. The van der Waals surface area contributed by atoms with Gasteiger partial charge in [0.05, 0.1) is 0 Å². The summed E-state index contributed by atoms with van der Waals surface area (Å²) in [5.74, 6) is 0.693. The number of nitrogens with zero attached hydrogens (tertiary/aromatic N) is 2. The zero-order chi connectivity index (χ0) is 14.5. The molecular formula is C15H27N3O. The molecule has 0 radical (unpaired) electrons. The van der Waals surface area contributed by atoms with E-state index in [1.807, 2.05) is 12.1 Å². The Bertz CT molecular complexity index is 389. The Morgan fingerprint density at radius 3 is 2.63 bits per heavy atom. The maximum absolute atomic E-state index is 5.80. The summed E-state index contributed by atoms with van der Waals surface area (Å²) in [6.07, 6.45) is 1.80. The van der Waals surface area contributed by atoms with E-state index in [9.17, 15) is 0 Å². The minimum Gasteiger partial charge on any atom is -0.476 e. The standard InChI is InChI=1S/C15H27N3O/c1-12(2)17-10-13-7-8-16-14(9-13)19-11-15(3,4)18(5)6/h7-9,12,17H,10-11H2,1-6H3. The molecule has 0 aliphatic carbocycles. The quantitative estimate of drug-likeness (QED) is 0.821. The molecule has 4 heteroatoms. The molecule has 19 heavy (non-hydrogen) atoms. The Morgan fingerprint density at radius 2 is 2.05 bits per heavy atom. The second-order valence-electron chi connectivity index (χ2n) is 6.03. The number of ether oxygens (including phenoxy) is 1. The highest BCUT2D eigenvalue weighted by Gasteiger charge is 2.21. The molecule has 108 valence electrons. The van der Waals surface area contributed by atoms with Gasteiger partial charge in [0.1, 0.15) is 6.61 Å². The van der Waals surface area contributed by atoms with Crippen LogP contribution in [0.4, 0.5) is 0 Å². The van der Waals surface area contributed by atoms with Gasteiger partial charge in [0, 0.05) is 30.4 Å². The van der Waals surface area contributed by atoms with E-state index in [0.29, 0.717) is 18.5 Å². The highest BCUT2D eigenvalue weighted by atomic mass is 16.5. The van der Waals surface area contributed by atoms with E-state index in [4.69, 9.17) is 4.74 Å². The van der Waals surface area contributed by atoms with Gasteiger partial charge in [-0.3, -0.25) is 0 Å². The molecule has 0 atom stereocenters. The van der Waals surface area contributed by atoms with Crippen LogP contribution in [0.25, 0.3) is 0 Å². The van der Waals surface area contributed by atoms with E-state index in [1.165, 1.54) is 5.56 Å². The van der Waals surface area contributed by atoms with Crippen molar-refractivity contribution in [3.63, 3.8) is 0 Å². The molecule has 0 fully saturated rings. The Morgan fingerprint density at radius 1 is 1.37 bits per heavy atom. The fraction of sp³-hybridized carbons (Fsp3) is 0.667. The number of hydrogen-bond donors (Lipinski definition) is 1. The second kappa shape index (κ2) is 6.87. The topological polar surface area (TPSA) is 37.4 Å². The van der Waals surface area contributed by atoms with Gasteiger partial charge >= 0.3 is 0 Å². The Kier molecular flexibility index (Phi) is 5.76. The van der Waals surface area contributed by atoms with Gasteiger partial charge in [0.25, 0.3) is 0 Å². The molecule has 1 aromatic heterocycles. The van der Waals surface area contributed by atoms with Crippen molar-refractivity contribution in [3.8, 4) is 5.88 Å². The third-order valence-electron chi connectivity index (χ3n) is 3.30. The van der Waals surface area contributed by atoms with Crippen molar-refractivity contribution in [2.75, 3.05) is 20.7 Å². The van der Waals surface area contributed by atoms with Crippen LogP contribution in [0, 0.1) is 0 Å². The molecule has 0 saturated heterocycles. The number of nitrogens with one attached hydrogen (secondary N) is 1. The van der Waals surface area contributed by atoms with Gasteiger partial charge in [0.15, 0.2) is 0 Å². The molecule has 0 unspecified atom stereocenters. The number of aromatic nitrogens is 1. The molecule has 0 spiro atoms. The van der Waals surface area contributed by atoms with Crippen LogP contribution in [-0.4, -0.2) is 42.2 Å². The largest absolute Gasteiger partial charge is 0.476 e. The predicted octanol–water partition coefficient (Wildman–Crippen LogP) is 2.30. The molecule has 0 amide bonds. The van der Waals surface area contributed by atoms with Crippen LogP contribution in [0.5, 0.6) is 5.88 Å². The van der Waals surface area contributed by atoms with Crippen LogP contribution in [0.3, 0.4) is 0 Å². The lowest BCUT2D eigenvalue weighted by Gasteiger charge is -2.31. The molecule has 0 aromatic carbocycles. The first-order valence-corrected chi connectivity index (χ1v) is 6.80. The first-order chi connectivity index (χ1) is 8.81. The maximum atomic E-state index is 5.80. The van der Waals surface area contributed by atoms with E-state index in [-0.39, 0.29) is 5.54 Å². The van der Waals surface area contributed by atoms with Crippen molar-refractivity contribution in [1.29, 1.82) is 0 Å². The normalized spacial score (nSPS) is 12.2. The molecule has 0 aliphatic heterocycles. The Hall–Kier alpha value is -1.13. The van der Waals surface area contributed by atoms with E-state index < -0.39 is 0 Å². The van der Waals surface area contributed by atoms with Crippen molar-refractivity contribution >= 4 is 0 Å². The van der Waals surface area contributed by atoms with Crippen LogP contribution in [0.15, 0.2) is 18.3 Å². The summed E-state index contributed by atoms with van der Waals surface area (Å²) in [6, 6.07) is 4.49. The van der Waals surface area contributed by atoms with Crippen molar-refractivity contribution in [2.24, 2.45) is 0 Å². The van der Waals surface area contributed by atoms with Crippen LogP contribution in [0.1, 0.15) is 33.3 Å². The number of likely N-dealkylation sites (N-methyl/N-ethyl adjacent to an activating group) is 1. The van der Waals surface area contributed by atoms with Crippen molar-refractivity contribution in [2.45, 2.75) is 45.8 Å². The van der Waals surface area contributed by atoms with Gasteiger partial charge < -0.3 is 15.0 Å². The number of hydrogen-bond acceptors (Lipinski definition) is 4. The lowest BCUT2D eigenvalue weighted by molar-refractivity contribution is 0.111. The van der Waals surface area contributed by atoms with Gasteiger partial charge in [-0.2, -0.15) is 0 Å². The Labute approximate surface area is 117 Å². The zero-order valence-electron chi connectivity index (χ0n) is 13.0. The summed E-state index contributed by atoms with van der Waals surface area (Å²) in [5.41, 5.74) is 1.19. The second-order valence-corrected chi connectivity index (χ2v) is 6.03. The first kappa shape index (κ1) is 15.9. The first-order valence-electron chi connectivity index (χ1n) is 6.80. The van der Waals surface area contributed by atoms with Crippen LogP contribution in [-0.2, 0) is 6.54 Å². The lowest BCUT2D eigenvalue weighted by atomic mass is 10.1. The zero-order valence-corrected chi connectivity index (χ0v) is 13.0. The fourth-order valence-corrected chi connectivity index (χ4v) is 1.34. The molecule has 0 bridgehead atoms. The fourth-order valence-electron chi connectivity index (χ4n) is 1.34. The summed E-state index contributed by atoms with van der Waals surface area (Å²) in [7, 11) is 4.11. The van der Waals surface area contributed by atoms with E-state index in [1.54, 1.807) is 6.20 Å². The highest BCUT2D eigenvalue weighted by molar-refractivity contribution is 5.20. The number of pyridine rings is 1. The molecular weight excluding hydrogens is 238 g/mol. The smallest absolute Gasteiger partial charge is 0.213 e. The molecule has 4 nitrogen and oxygen atoms in total. The van der Waals surface area contributed by atoms with Gasteiger partial charge in [-0.1, -0.05) is 13.8 Å². The number of rotatable bonds is 7. The van der Waals surface area contributed by atoms with Crippen LogP contribution in [0.2, 0.25) is 0 Å². The molecule has 1 aromatic rings. The third kappa shape index (κ3) is 5.57. The molecule has 1 heterocycles. The van der Waals surface area contributed by atoms with Crippen LogP contribution < -0.4 is 10.1 Å². The molecule has 1 rings (SSSR count). The minimum atomic E-state index is -0.00608. The molecule has 0 saturated carbocycles. The average Bonchev–Trinajstić information content (AvgIpc) is 2.34. The summed E-state index contributed by atoms with van der Waals surface area (Å²) >= 11 is 0. The maximum Gasteiger partial charge on any atom is 0.213 e. The van der Waals surface area contributed by atoms with Gasteiger partial charge in [-0.15, -0.1) is 0 Å². The summed E-state index contributed by atoms with van der Waals surface area (Å²) in [6.45, 7) is 10.0. The SMILES string of the molecule is CC(C)NCc1ccnc(OCC(C)(C)N(C)C)c1. The predicted molar refractivity (Wildman–Crippen MR) is 79.5 cm³/mol. The van der Waals surface area contributed by atoms with Gasteiger partial charge in [-0.05, 0) is 39.6 Å². The van der Waals surface area contributed by atoms with Crippen molar-refractivity contribution < 1.29 is 4.74 Å². The monoisotopic (exact) mass is 265 g/mol. The Balaban J connectivity index is 2.57. The van der Waals surface area contributed by atoms with E-state index in [2.05, 4.69) is 57.0 Å². The third-order valence-corrected chi connectivity index (χ3v) is 3.30.